The molecular formula is C44H81AuCl4MnNiO3P3-. The molecule has 0 unspecified atom stereocenters. The zero-order valence-electron chi connectivity index (χ0n) is 37.2. The Hall–Kier alpha value is 3.42. The Kier molecular flexibility index (Phi) is 113. The van der Waals surface area contributed by atoms with Crippen LogP contribution in [0.25, 0.3) is 0 Å². The summed E-state index contributed by atoms with van der Waals surface area (Å²) in [6.45, 7) is 34.3. The summed E-state index contributed by atoms with van der Waals surface area (Å²) < 4.78 is 22.5. The molecule has 1 aliphatic carbocycles. The molecule has 1 aliphatic rings. The van der Waals surface area contributed by atoms with Crippen molar-refractivity contribution in [2.24, 2.45) is 0 Å². The summed E-state index contributed by atoms with van der Waals surface area (Å²) >= 11 is 19.6. The maximum absolute atomic E-state index is 7.50. The van der Waals surface area contributed by atoms with Gasteiger partial charge in [-0.1, -0.05) is 120 Å². The molecule has 0 heterocycles. The Labute approximate surface area is 415 Å². The second kappa shape index (κ2) is 79.8. The topological polar surface area (TPSA) is 59.7 Å². The van der Waals surface area contributed by atoms with Gasteiger partial charge >= 0.3 is 81.1 Å². The van der Waals surface area contributed by atoms with Gasteiger partial charge in [-0.2, -0.15) is 34.8 Å². The minimum atomic E-state index is 0. The number of unbranched alkanes of at least 4 members (excludes halogenated alkanes) is 9. The third kappa shape index (κ3) is 74.1. The molecule has 0 bridgehead atoms. The second-order valence-corrected chi connectivity index (χ2v) is 22.1. The van der Waals surface area contributed by atoms with Crippen LogP contribution in [0.4, 0.5) is 0 Å². The standard InChI is InChI=1S/3C12H27P.C5Cl3.3CO.Au.ClH.Mn.Ni/c3*1-4-7-10-13(11-8-5-2)12-9-6-3;6-3-1-4(7)5(8)2-3;3*1-2;;;;/h3*4-12H2,1-3H3;;;;;;1H;;/q;;;-2;;;;+1;;;+1/p-1. The minimum Gasteiger partial charge on any atom is 0 e. The quantitative estimate of drug-likeness (QED) is 0.0341. The third-order valence-corrected chi connectivity index (χ3v) is 17.5. The fourth-order valence-electron chi connectivity index (χ4n) is 4.78. The van der Waals surface area contributed by atoms with Crippen molar-refractivity contribution >= 4 is 68.8 Å². The Morgan fingerprint density at radius 3 is 0.579 bits per heavy atom. The monoisotopic (exact) mass is 1200 g/mol. The van der Waals surface area contributed by atoms with Gasteiger partial charge in [0.05, 0.1) is 0 Å². The van der Waals surface area contributed by atoms with Gasteiger partial charge in [0.25, 0.3) is 0 Å². The molecule has 0 N–H and O–H groups in total. The largest absolute Gasteiger partial charge is 0 e. The minimum absolute atomic E-state index is 0. The van der Waals surface area contributed by atoms with E-state index in [1.165, 1.54) is 116 Å². The number of hydrogen-bond donors (Lipinski definition) is 0. The average Bonchev–Trinajstić information content (AvgIpc) is 3.53. The van der Waals surface area contributed by atoms with Crippen LogP contribution in [0.5, 0.6) is 0 Å². The molecule has 1 rings (SSSR count). The Morgan fingerprint density at radius 2 is 0.509 bits per heavy atom. The molecule has 0 amide bonds. The van der Waals surface area contributed by atoms with Crippen molar-refractivity contribution in [3.05, 3.63) is 48.9 Å². The molecule has 0 spiro atoms. The van der Waals surface area contributed by atoms with Gasteiger partial charge in [-0.25, -0.2) is 0 Å². The van der Waals surface area contributed by atoms with Crippen LogP contribution in [-0.4, -0.2) is 55.5 Å². The molecule has 13 heteroatoms. The molecule has 347 valence electrons. The maximum Gasteiger partial charge on any atom is 0 e. The van der Waals surface area contributed by atoms with Crippen LogP contribution in [-0.2, 0) is 68.0 Å². The van der Waals surface area contributed by atoms with E-state index in [4.69, 9.17) is 48.8 Å². The van der Waals surface area contributed by atoms with Gasteiger partial charge in [0, 0.05) is 17.1 Å². The van der Waals surface area contributed by atoms with Crippen molar-refractivity contribution in [1.82, 2.24) is 0 Å². The molecule has 0 aliphatic heterocycles. The molecule has 3 nitrogen and oxygen atoms in total. The van der Waals surface area contributed by atoms with E-state index in [1.54, 1.807) is 55.5 Å². The van der Waals surface area contributed by atoms with Crippen LogP contribution in [0.3, 0.4) is 0 Å². The molecule has 0 aromatic heterocycles. The van der Waals surface area contributed by atoms with Gasteiger partial charge in [-0.3, -0.25) is 5.38 Å². The fraction of sp³-hybridized carbons (Fsp3) is 0.818. The summed E-state index contributed by atoms with van der Waals surface area (Å²) in [4.78, 5) is 0. The van der Waals surface area contributed by atoms with E-state index in [1.807, 2.05) is 0 Å². The molecular weight excluding hydrogens is 1120 g/mol. The first-order valence-electron chi connectivity index (χ1n) is 20.8. The van der Waals surface area contributed by atoms with Gasteiger partial charge in [0.1, 0.15) is 0 Å². The van der Waals surface area contributed by atoms with E-state index in [-0.39, 0.29) is 39.4 Å². The van der Waals surface area contributed by atoms with E-state index in [9.17, 15) is 0 Å². The van der Waals surface area contributed by atoms with Crippen molar-refractivity contribution in [3.63, 3.8) is 0 Å². The molecule has 1 saturated carbocycles. The molecule has 1 fully saturated rings. The first-order chi connectivity index (χ1) is 26.7. The predicted molar refractivity (Wildman–Crippen MR) is 250 cm³/mol. The molecule has 0 saturated heterocycles. The number of halogens is 4. The predicted octanol–water partition coefficient (Wildman–Crippen LogP) is 17.7. The number of hydrogen-bond acceptors (Lipinski definition) is 0. The molecule has 0 aromatic rings. The van der Waals surface area contributed by atoms with Crippen LogP contribution in [0, 0.1) is 48.9 Å². The van der Waals surface area contributed by atoms with Gasteiger partial charge in [-0.15, -0.1) is 34.5 Å². The van der Waals surface area contributed by atoms with Gasteiger partial charge in [0.2, 0.25) is 0 Å². The molecule has 57 heavy (non-hydrogen) atoms. The molecule has 0 aromatic carbocycles. The fourth-order valence-corrected chi connectivity index (χ4v) is 14.2. The molecule has 0 atom stereocenters. The van der Waals surface area contributed by atoms with E-state index < -0.39 is 0 Å². The average molecular weight is 1200 g/mol. The Bertz CT molecular complexity index is 573. The van der Waals surface area contributed by atoms with Gasteiger partial charge in [0.15, 0.2) is 0 Å². The number of rotatable bonds is 27. The first-order valence-corrected chi connectivity index (χ1v) is 28.9. The van der Waals surface area contributed by atoms with Gasteiger partial charge < -0.3 is 12.8 Å². The summed E-state index contributed by atoms with van der Waals surface area (Å²) in [7, 11) is 5.53. The first kappa shape index (κ1) is 80.7. The Balaban J connectivity index is -0.0000000723. The summed E-state index contributed by atoms with van der Waals surface area (Å²) in [6.07, 6.45) is 44.7. The van der Waals surface area contributed by atoms with Crippen LogP contribution < -0.4 is 0 Å². The summed E-state index contributed by atoms with van der Waals surface area (Å²) in [5, 5.41) is 0.994. The van der Waals surface area contributed by atoms with Crippen LogP contribution >= 0.6 is 68.8 Å². The van der Waals surface area contributed by atoms with Crippen LogP contribution in [0.15, 0.2) is 0 Å². The normalized spacial score (nSPS) is 11.6. The zero-order chi connectivity index (χ0) is 44.0. The molecule has 6 radical (unpaired) electrons. The van der Waals surface area contributed by atoms with Crippen molar-refractivity contribution in [1.29, 1.82) is 0 Å². The smallest absolute Gasteiger partial charge is 0 e. The maximum atomic E-state index is 7.50. The zero-order valence-corrected chi connectivity index (χ0v) is 47.2. The summed E-state index contributed by atoms with van der Waals surface area (Å²) in [6, 6.07) is 0. The Morgan fingerprint density at radius 1 is 0.386 bits per heavy atom. The SMILES string of the molecule is CCCCP(CCCC)CCCC.CCCCP(CCCC)CCCC.CCCCP(CCCC)CCCC.Cl[C]1[C-][C](Cl)[C](Cl)[C-]1.[Au+].[C-]#[O+].[C-]#[O+].[C-]#[O+].[Cl][Ni].[Mn]. The van der Waals surface area contributed by atoms with E-state index in [0.717, 1.165) is 0 Å². The van der Waals surface area contributed by atoms with Crippen LogP contribution in [0.1, 0.15) is 178 Å². The summed E-state index contributed by atoms with van der Waals surface area (Å²) in [5.74, 6) is 0. The van der Waals surface area contributed by atoms with Crippen molar-refractivity contribution in [2.45, 2.75) is 178 Å². The van der Waals surface area contributed by atoms with E-state index in [2.05, 4.69) is 120 Å². The van der Waals surface area contributed by atoms with E-state index in [0.29, 0.717) is 39.9 Å². The van der Waals surface area contributed by atoms with Crippen molar-refractivity contribution in [2.75, 3.05) is 55.5 Å². The van der Waals surface area contributed by atoms with Gasteiger partial charge in [-0.05, 0) is 113 Å². The summed E-state index contributed by atoms with van der Waals surface area (Å²) in [5.41, 5.74) is 0. The third-order valence-electron chi connectivity index (χ3n) is 8.08. The van der Waals surface area contributed by atoms with E-state index >= 15 is 0 Å². The van der Waals surface area contributed by atoms with Crippen molar-refractivity contribution < 1.29 is 68.0 Å². The van der Waals surface area contributed by atoms with Crippen molar-refractivity contribution in [3.8, 4) is 0 Å². The second-order valence-electron chi connectivity index (χ2n) is 12.9. The van der Waals surface area contributed by atoms with Crippen LogP contribution in [0.2, 0.25) is 0 Å².